The first-order chi connectivity index (χ1) is 10.8. The summed E-state index contributed by atoms with van der Waals surface area (Å²) in [5.74, 6) is 0. The van der Waals surface area contributed by atoms with Gasteiger partial charge in [0.2, 0.25) is 0 Å². The lowest BCUT2D eigenvalue weighted by atomic mass is 9.94. The van der Waals surface area contributed by atoms with Crippen LogP contribution in [0.1, 0.15) is 16.7 Å². The Hall–Kier alpha value is -2.86. The standard InChI is InChI=1S/C22H18/c1-18(19-11-5-2-6-12-19)17-22(20-13-7-3-8-14-20)21-15-9-4-10-16-21/h2-17H,1H2. The van der Waals surface area contributed by atoms with Crippen LogP contribution in [0, 0.1) is 0 Å². The smallest absolute Gasteiger partial charge is 0.0105 e. The molecular weight excluding hydrogens is 264 g/mol. The second-order valence-electron chi connectivity index (χ2n) is 5.18. The van der Waals surface area contributed by atoms with Crippen LogP contribution in [0.25, 0.3) is 11.1 Å². The van der Waals surface area contributed by atoms with E-state index < -0.39 is 0 Å². The highest BCUT2D eigenvalue weighted by Gasteiger charge is 2.05. The van der Waals surface area contributed by atoms with Crippen LogP contribution in [0.5, 0.6) is 0 Å². The van der Waals surface area contributed by atoms with Crippen LogP contribution in [-0.2, 0) is 0 Å². The van der Waals surface area contributed by atoms with Crippen molar-refractivity contribution in [3.05, 3.63) is 120 Å². The zero-order valence-corrected chi connectivity index (χ0v) is 12.4. The van der Waals surface area contributed by atoms with Crippen molar-refractivity contribution in [2.45, 2.75) is 0 Å². The summed E-state index contributed by atoms with van der Waals surface area (Å²) in [6.07, 6.45) is 2.17. The average Bonchev–Trinajstić information content (AvgIpc) is 2.62. The monoisotopic (exact) mass is 282 g/mol. The molecule has 0 heteroatoms. The van der Waals surface area contributed by atoms with Crippen molar-refractivity contribution in [2.24, 2.45) is 0 Å². The highest BCUT2D eigenvalue weighted by Crippen LogP contribution is 2.27. The summed E-state index contributed by atoms with van der Waals surface area (Å²) in [7, 11) is 0. The van der Waals surface area contributed by atoms with Crippen molar-refractivity contribution in [3.63, 3.8) is 0 Å². The van der Waals surface area contributed by atoms with Gasteiger partial charge >= 0.3 is 0 Å². The molecule has 0 N–H and O–H groups in total. The summed E-state index contributed by atoms with van der Waals surface area (Å²) in [5, 5.41) is 0. The molecule has 0 aliphatic rings. The van der Waals surface area contributed by atoms with Crippen molar-refractivity contribution in [3.8, 4) is 0 Å². The molecule has 0 saturated heterocycles. The van der Waals surface area contributed by atoms with Gasteiger partial charge in [0.05, 0.1) is 0 Å². The van der Waals surface area contributed by atoms with Gasteiger partial charge in [0.25, 0.3) is 0 Å². The molecule has 0 heterocycles. The van der Waals surface area contributed by atoms with Gasteiger partial charge in [-0.1, -0.05) is 97.6 Å². The minimum Gasteiger partial charge on any atom is -0.0911 e. The Morgan fingerprint density at radius 2 is 0.909 bits per heavy atom. The number of hydrogen-bond donors (Lipinski definition) is 0. The molecule has 3 aromatic carbocycles. The quantitative estimate of drug-likeness (QED) is 0.528. The summed E-state index contributed by atoms with van der Waals surface area (Å²) in [6, 6.07) is 31.2. The zero-order chi connectivity index (χ0) is 15.2. The van der Waals surface area contributed by atoms with E-state index in [4.69, 9.17) is 0 Å². The molecular formula is C22H18. The Morgan fingerprint density at radius 3 is 1.32 bits per heavy atom. The molecule has 0 fully saturated rings. The zero-order valence-electron chi connectivity index (χ0n) is 12.4. The normalized spacial score (nSPS) is 10.0. The molecule has 22 heavy (non-hydrogen) atoms. The van der Waals surface area contributed by atoms with Crippen molar-refractivity contribution in [2.75, 3.05) is 0 Å². The lowest BCUT2D eigenvalue weighted by Crippen LogP contribution is -1.89. The fourth-order valence-electron chi connectivity index (χ4n) is 2.48. The molecule has 0 amide bonds. The maximum absolute atomic E-state index is 4.24. The third-order valence-electron chi connectivity index (χ3n) is 3.63. The maximum Gasteiger partial charge on any atom is -0.0105 e. The van der Waals surface area contributed by atoms with Gasteiger partial charge in [-0.15, -0.1) is 0 Å². The average molecular weight is 282 g/mol. The number of rotatable bonds is 4. The number of allylic oxidation sites excluding steroid dienone is 2. The third kappa shape index (κ3) is 3.24. The first kappa shape index (κ1) is 14.1. The predicted octanol–water partition coefficient (Wildman–Crippen LogP) is 5.83. The number of hydrogen-bond acceptors (Lipinski definition) is 0. The molecule has 0 saturated carbocycles. The van der Waals surface area contributed by atoms with E-state index >= 15 is 0 Å². The Morgan fingerprint density at radius 1 is 0.545 bits per heavy atom. The highest BCUT2D eigenvalue weighted by molar-refractivity contribution is 5.89. The van der Waals surface area contributed by atoms with Gasteiger partial charge in [0.15, 0.2) is 0 Å². The third-order valence-corrected chi connectivity index (χ3v) is 3.63. The lowest BCUT2D eigenvalue weighted by Gasteiger charge is -2.10. The van der Waals surface area contributed by atoms with Gasteiger partial charge in [-0.3, -0.25) is 0 Å². The van der Waals surface area contributed by atoms with Gasteiger partial charge in [-0.2, -0.15) is 0 Å². The first-order valence-electron chi connectivity index (χ1n) is 7.41. The van der Waals surface area contributed by atoms with E-state index in [1.807, 2.05) is 30.3 Å². The van der Waals surface area contributed by atoms with Crippen LogP contribution in [0.3, 0.4) is 0 Å². The Balaban J connectivity index is 2.06. The van der Waals surface area contributed by atoms with Gasteiger partial charge < -0.3 is 0 Å². The summed E-state index contributed by atoms with van der Waals surface area (Å²) in [6.45, 7) is 4.24. The highest BCUT2D eigenvalue weighted by atomic mass is 14.1. The summed E-state index contributed by atoms with van der Waals surface area (Å²) < 4.78 is 0. The summed E-state index contributed by atoms with van der Waals surface area (Å²) in [4.78, 5) is 0. The minimum absolute atomic E-state index is 1.02. The van der Waals surface area contributed by atoms with E-state index in [2.05, 4.69) is 73.3 Å². The van der Waals surface area contributed by atoms with Crippen LogP contribution in [0.2, 0.25) is 0 Å². The molecule has 106 valence electrons. The molecule has 0 unspecified atom stereocenters. The largest absolute Gasteiger partial charge is 0.0911 e. The molecule has 0 radical (unpaired) electrons. The van der Waals surface area contributed by atoms with E-state index in [0.29, 0.717) is 0 Å². The van der Waals surface area contributed by atoms with Crippen LogP contribution in [-0.4, -0.2) is 0 Å². The summed E-state index contributed by atoms with van der Waals surface area (Å²) in [5.41, 5.74) is 5.75. The van der Waals surface area contributed by atoms with E-state index in [-0.39, 0.29) is 0 Å². The van der Waals surface area contributed by atoms with Crippen molar-refractivity contribution >= 4 is 11.1 Å². The van der Waals surface area contributed by atoms with Crippen LogP contribution >= 0.6 is 0 Å². The van der Waals surface area contributed by atoms with E-state index in [0.717, 1.165) is 11.1 Å². The summed E-state index contributed by atoms with van der Waals surface area (Å²) >= 11 is 0. The molecule has 0 atom stereocenters. The first-order valence-corrected chi connectivity index (χ1v) is 7.41. The molecule has 0 nitrogen and oxygen atoms in total. The lowest BCUT2D eigenvalue weighted by molar-refractivity contribution is 1.54. The van der Waals surface area contributed by atoms with Gasteiger partial charge in [-0.25, -0.2) is 0 Å². The second kappa shape index (κ2) is 6.73. The van der Waals surface area contributed by atoms with Gasteiger partial charge in [0.1, 0.15) is 0 Å². The fourth-order valence-corrected chi connectivity index (χ4v) is 2.48. The maximum atomic E-state index is 4.24. The van der Waals surface area contributed by atoms with E-state index in [1.165, 1.54) is 16.7 Å². The van der Waals surface area contributed by atoms with E-state index in [1.54, 1.807) is 0 Å². The van der Waals surface area contributed by atoms with Crippen molar-refractivity contribution in [1.29, 1.82) is 0 Å². The van der Waals surface area contributed by atoms with Gasteiger partial charge in [0, 0.05) is 0 Å². The predicted molar refractivity (Wildman–Crippen MR) is 95.4 cm³/mol. The number of benzene rings is 3. The Kier molecular flexibility index (Phi) is 4.31. The molecule has 0 bridgehead atoms. The Bertz CT molecular complexity index is 725. The van der Waals surface area contributed by atoms with Crippen molar-refractivity contribution < 1.29 is 0 Å². The second-order valence-corrected chi connectivity index (χ2v) is 5.18. The topological polar surface area (TPSA) is 0 Å². The molecule has 0 aliphatic heterocycles. The SMILES string of the molecule is C=C(C=C(c1ccccc1)c1ccccc1)c1ccccc1. The van der Waals surface area contributed by atoms with Gasteiger partial charge in [-0.05, 0) is 33.9 Å². The van der Waals surface area contributed by atoms with Crippen molar-refractivity contribution in [1.82, 2.24) is 0 Å². The van der Waals surface area contributed by atoms with E-state index in [9.17, 15) is 0 Å². The molecule has 0 aliphatic carbocycles. The van der Waals surface area contributed by atoms with Crippen LogP contribution in [0.4, 0.5) is 0 Å². The Labute approximate surface area is 132 Å². The molecule has 3 aromatic rings. The molecule has 0 spiro atoms. The fraction of sp³-hybridized carbons (Fsp3) is 0. The molecule has 3 rings (SSSR count). The van der Waals surface area contributed by atoms with Crippen LogP contribution < -0.4 is 0 Å². The molecule has 0 aromatic heterocycles. The van der Waals surface area contributed by atoms with Crippen LogP contribution in [0.15, 0.2) is 104 Å². The minimum atomic E-state index is 1.02.